The number of rotatable bonds is 5. The van der Waals surface area contributed by atoms with Crippen molar-refractivity contribution in [2.24, 2.45) is 14.1 Å². The van der Waals surface area contributed by atoms with Gasteiger partial charge in [-0.15, -0.1) is 0 Å². The van der Waals surface area contributed by atoms with Crippen molar-refractivity contribution >= 4 is 28.9 Å². The molecule has 12 heteroatoms. The maximum Gasteiger partial charge on any atom is 0.332 e. The van der Waals surface area contributed by atoms with Crippen molar-refractivity contribution in [3.8, 4) is 0 Å². The van der Waals surface area contributed by atoms with E-state index in [9.17, 15) is 19.2 Å². The molecule has 3 rings (SSSR count). The van der Waals surface area contributed by atoms with Gasteiger partial charge in [-0.3, -0.25) is 28.8 Å². The van der Waals surface area contributed by atoms with Gasteiger partial charge in [-0.05, 0) is 6.92 Å². The van der Waals surface area contributed by atoms with E-state index in [-0.39, 0.29) is 23.6 Å². The van der Waals surface area contributed by atoms with E-state index in [4.69, 9.17) is 9.26 Å². The van der Waals surface area contributed by atoms with Crippen LogP contribution >= 0.6 is 0 Å². The second-order valence-electron chi connectivity index (χ2n) is 5.79. The Bertz CT molecular complexity index is 1150. The number of carbonyl (C=O) groups is 2. The number of ether oxygens (including phenoxy) is 1. The van der Waals surface area contributed by atoms with Crippen LogP contribution in [0.2, 0.25) is 0 Å². The highest BCUT2D eigenvalue weighted by Gasteiger charge is 2.17. The van der Waals surface area contributed by atoms with Crippen LogP contribution in [0.5, 0.6) is 0 Å². The predicted octanol–water partition coefficient (Wildman–Crippen LogP) is -1.09. The fraction of sp³-hybridized carbons (Fsp3) is 0.333. The van der Waals surface area contributed by atoms with Gasteiger partial charge in [0.25, 0.3) is 11.5 Å². The molecule has 0 aromatic carbocycles. The van der Waals surface area contributed by atoms with Gasteiger partial charge in [0.15, 0.2) is 17.8 Å². The minimum Gasteiger partial charge on any atom is -0.454 e. The first-order valence-corrected chi connectivity index (χ1v) is 7.77. The minimum atomic E-state index is -0.755. The van der Waals surface area contributed by atoms with Gasteiger partial charge in [0.2, 0.25) is 5.88 Å². The first-order chi connectivity index (χ1) is 12.8. The summed E-state index contributed by atoms with van der Waals surface area (Å²) in [7, 11) is 2.80. The van der Waals surface area contributed by atoms with Crippen LogP contribution in [0.3, 0.4) is 0 Å². The molecule has 27 heavy (non-hydrogen) atoms. The average molecular weight is 376 g/mol. The van der Waals surface area contributed by atoms with Crippen molar-refractivity contribution in [2.75, 3.05) is 11.9 Å². The first kappa shape index (κ1) is 18.1. The number of nitrogens with one attached hydrogen (secondary N) is 1. The number of nitrogens with zero attached hydrogens (tertiary/aromatic N) is 5. The Morgan fingerprint density at radius 2 is 2.00 bits per heavy atom. The molecule has 3 heterocycles. The number of anilines is 1. The highest BCUT2D eigenvalue weighted by molar-refractivity contribution is 5.91. The van der Waals surface area contributed by atoms with E-state index < -0.39 is 29.7 Å². The van der Waals surface area contributed by atoms with Crippen molar-refractivity contribution in [3.63, 3.8) is 0 Å². The number of carbonyl (C=O) groups excluding carboxylic acids is 2. The molecule has 0 saturated heterocycles. The summed E-state index contributed by atoms with van der Waals surface area (Å²) in [6.45, 7) is 0.801. The summed E-state index contributed by atoms with van der Waals surface area (Å²) in [6, 6.07) is 1.51. The molecule has 0 bridgehead atoms. The van der Waals surface area contributed by atoms with Crippen LogP contribution in [0.1, 0.15) is 5.69 Å². The molecule has 0 atom stereocenters. The zero-order valence-corrected chi connectivity index (χ0v) is 14.8. The third-order valence-corrected chi connectivity index (χ3v) is 3.77. The molecule has 0 aliphatic heterocycles. The number of aryl methyl sites for hydroxylation is 2. The highest BCUT2D eigenvalue weighted by atomic mass is 16.5. The molecular weight excluding hydrogens is 360 g/mol. The second kappa shape index (κ2) is 6.90. The summed E-state index contributed by atoms with van der Waals surface area (Å²) in [4.78, 5) is 51.9. The van der Waals surface area contributed by atoms with E-state index >= 15 is 0 Å². The van der Waals surface area contributed by atoms with E-state index in [1.54, 1.807) is 6.92 Å². The van der Waals surface area contributed by atoms with Gasteiger partial charge in [0.05, 0.1) is 12.0 Å². The lowest BCUT2D eigenvalue weighted by Crippen LogP contribution is -2.37. The van der Waals surface area contributed by atoms with E-state index in [0.717, 1.165) is 4.57 Å². The van der Waals surface area contributed by atoms with Crippen LogP contribution in [0.15, 0.2) is 26.5 Å². The SMILES string of the molecule is Cc1cc(NC(=O)COC(=O)Cn2cnc3c2c(=O)n(C)c(=O)n3C)on1. The van der Waals surface area contributed by atoms with Crippen molar-refractivity contribution in [2.45, 2.75) is 13.5 Å². The second-order valence-corrected chi connectivity index (χ2v) is 5.79. The molecule has 142 valence electrons. The van der Waals surface area contributed by atoms with Gasteiger partial charge >= 0.3 is 11.7 Å². The van der Waals surface area contributed by atoms with Crippen molar-refractivity contribution in [1.82, 2.24) is 23.8 Å². The molecule has 3 aromatic heterocycles. The standard InChI is InChI=1S/C15H16N6O6/c1-8-4-10(27-18-8)17-9(22)6-26-11(23)5-21-7-16-13-12(21)14(24)20(3)15(25)19(13)2/h4,7H,5-6H2,1-3H3,(H,17,22). The molecule has 0 saturated carbocycles. The van der Waals surface area contributed by atoms with Crippen LogP contribution in [-0.4, -0.2) is 42.3 Å². The van der Waals surface area contributed by atoms with E-state index in [1.807, 2.05) is 0 Å². The molecule has 0 fully saturated rings. The Balaban J connectivity index is 1.69. The lowest BCUT2D eigenvalue weighted by Gasteiger charge is -2.07. The highest BCUT2D eigenvalue weighted by Crippen LogP contribution is 2.08. The van der Waals surface area contributed by atoms with Crippen LogP contribution < -0.4 is 16.6 Å². The summed E-state index contributed by atoms with van der Waals surface area (Å²) in [5, 5.41) is 5.99. The number of amides is 1. The Morgan fingerprint density at radius 3 is 2.67 bits per heavy atom. The summed E-state index contributed by atoms with van der Waals surface area (Å²) in [5.41, 5.74) is -0.297. The fourth-order valence-corrected chi connectivity index (χ4v) is 2.44. The Kier molecular flexibility index (Phi) is 4.62. The lowest BCUT2D eigenvalue weighted by atomic mass is 10.4. The lowest BCUT2D eigenvalue weighted by molar-refractivity contribution is -0.147. The van der Waals surface area contributed by atoms with Gasteiger partial charge in [-0.25, -0.2) is 9.78 Å². The van der Waals surface area contributed by atoms with E-state index in [2.05, 4.69) is 15.5 Å². The molecular formula is C15H16N6O6. The molecule has 0 spiro atoms. The summed E-state index contributed by atoms with van der Waals surface area (Å²) >= 11 is 0. The van der Waals surface area contributed by atoms with Crippen LogP contribution in [-0.2, 0) is 35.0 Å². The van der Waals surface area contributed by atoms with E-state index in [1.165, 1.54) is 35.6 Å². The van der Waals surface area contributed by atoms with Gasteiger partial charge in [-0.1, -0.05) is 5.16 Å². The first-order valence-electron chi connectivity index (χ1n) is 7.77. The summed E-state index contributed by atoms with van der Waals surface area (Å²) < 4.78 is 13.1. The third kappa shape index (κ3) is 3.49. The molecule has 0 aliphatic carbocycles. The molecule has 1 amide bonds. The quantitative estimate of drug-likeness (QED) is 0.553. The minimum absolute atomic E-state index is 0.0816. The predicted molar refractivity (Wildman–Crippen MR) is 91.0 cm³/mol. The Hall–Kier alpha value is -3.70. The van der Waals surface area contributed by atoms with E-state index in [0.29, 0.717) is 5.69 Å². The van der Waals surface area contributed by atoms with Crippen LogP contribution in [0, 0.1) is 6.92 Å². The fourth-order valence-electron chi connectivity index (χ4n) is 2.44. The Labute approximate surface area is 150 Å². The van der Waals surface area contributed by atoms with Crippen molar-refractivity contribution < 1.29 is 18.8 Å². The normalized spacial score (nSPS) is 10.9. The van der Waals surface area contributed by atoms with Gasteiger partial charge < -0.3 is 13.8 Å². The van der Waals surface area contributed by atoms with Crippen LogP contribution in [0.4, 0.5) is 5.88 Å². The summed E-state index contributed by atoms with van der Waals surface area (Å²) in [6.07, 6.45) is 1.25. The van der Waals surface area contributed by atoms with Crippen LogP contribution in [0.25, 0.3) is 11.2 Å². The molecule has 3 aromatic rings. The number of aromatic nitrogens is 5. The Morgan fingerprint density at radius 1 is 1.26 bits per heavy atom. The smallest absolute Gasteiger partial charge is 0.332 e. The molecule has 0 radical (unpaired) electrons. The van der Waals surface area contributed by atoms with Gasteiger partial charge in [-0.2, -0.15) is 0 Å². The third-order valence-electron chi connectivity index (χ3n) is 3.77. The van der Waals surface area contributed by atoms with Crippen molar-refractivity contribution in [1.29, 1.82) is 0 Å². The largest absolute Gasteiger partial charge is 0.454 e. The maximum atomic E-state index is 12.3. The van der Waals surface area contributed by atoms with Gasteiger partial charge in [0.1, 0.15) is 6.54 Å². The van der Waals surface area contributed by atoms with Gasteiger partial charge in [0, 0.05) is 20.2 Å². The number of esters is 1. The number of hydrogen-bond acceptors (Lipinski definition) is 8. The number of fused-ring (bicyclic) bond motifs is 1. The monoisotopic (exact) mass is 376 g/mol. The molecule has 0 aliphatic rings. The maximum absolute atomic E-state index is 12.3. The zero-order chi connectivity index (χ0) is 19.7. The number of hydrogen-bond donors (Lipinski definition) is 1. The average Bonchev–Trinajstić information content (AvgIpc) is 3.22. The molecule has 1 N–H and O–H groups in total. The number of imidazole rings is 1. The topological polar surface area (TPSA) is 143 Å². The molecule has 12 nitrogen and oxygen atoms in total. The van der Waals surface area contributed by atoms with Crippen molar-refractivity contribution in [3.05, 3.63) is 38.9 Å². The molecule has 0 unspecified atom stereocenters. The summed E-state index contributed by atoms with van der Waals surface area (Å²) in [5.74, 6) is -1.22. The zero-order valence-electron chi connectivity index (χ0n) is 14.8.